The van der Waals surface area contributed by atoms with Gasteiger partial charge in [-0.15, -0.1) is 0 Å². The van der Waals surface area contributed by atoms with Crippen LogP contribution in [0.5, 0.6) is 0 Å². The van der Waals surface area contributed by atoms with Gasteiger partial charge in [0.25, 0.3) is 5.92 Å². The molecule has 0 aliphatic carbocycles. The number of guanidine groups is 1. The molecule has 4 rings (SSSR count). The molecule has 0 aromatic heterocycles. The van der Waals surface area contributed by atoms with Crippen LogP contribution < -0.4 is 5.32 Å². The molecule has 0 saturated carbocycles. The number of alkyl halides is 5. The lowest BCUT2D eigenvalue weighted by Crippen LogP contribution is -2.65. The van der Waals surface area contributed by atoms with E-state index < -0.39 is 43.5 Å². The number of halogens is 5. The second kappa shape index (κ2) is 7.62. The van der Waals surface area contributed by atoms with Crippen LogP contribution in [0.4, 0.5) is 22.0 Å². The van der Waals surface area contributed by atoms with Crippen LogP contribution >= 0.6 is 0 Å². The van der Waals surface area contributed by atoms with Crippen molar-refractivity contribution < 1.29 is 26.7 Å². The third-order valence-electron chi connectivity index (χ3n) is 5.82. The van der Waals surface area contributed by atoms with Crippen LogP contribution in [0.1, 0.15) is 0 Å². The first-order valence-electron chi connectivity index (χ1n) is 9.80. The van der Waals surface area contributed by atoms with Gasteiger partial charge in [-0.25, -0.2) is 13.8 Å². The van der Waals surface area contributed by atoms with E-state index in [-0.39, 0.29) is 11.3 Å². The second-order valence-corrected chi connectivity index (χ2v) is 8.00. The molecule has 4 heterocycles. The lowest BCUT2D eigenvalue weighted by atomic mass is 10.00. The molecule has 31 heavy (non-hydrogen) atoms. The predicted molar refractivity (Wildman–Crippen MR) is 103 cm³/mol. The number of aliphatic imine (C=N–C) groups is 1. The van der Waals surface area contributed by atoms with Gasteiger partial charge in [0, 0.05) is 50.7 Å². The summed E-state index contributed by atoms with van der Waals surface area (Å²) in [4.78, 5) is 9.62. The number of hydrogen-bond acceptors (Lipinski definition) is 6. The Kier molecular flexibility index (Phi) is 5.36. The Balaban J connectivity index is 1.78. The van der Waals surface area contributed by atoms with Crippen molar-refractivity contribution in [1.29, 1.82) is 5.41 Å². The lowest BCUT2D eigenvalue weighted by Gasteiger charge is -2.50. The molecule has 2 N–H and O–H groups in total. The Morgan fingerprint density at radius 2 is 1.81 bits per heavy atom. The van der Waals surface area contributed by atoms with Crippen molar-refractivity contribution in [2.45, 2.75) is 24.4 Å². The standard InChI is InChI=1S/C18H24F5N7O/c1-27-12(11-8-25-15(24)28(2)14(11)18(21,22)23)7-13(30-9-17(19,20)10-30)26-16(27)29-3-5-31-6-4-29/h7-8,14,16,24,26H,3-6,9-10H2,1-2H3/b12-11-,24-15?. The first kappa shape index (κ1) is 21.8. The summed E-state index contributed by atoms with van der Waals surface area (Å²) in [5.41, 5.74) is 0.0731. The van der Waals surface area contributed by atoms with Crippen LogP contribution in [0.25, 0.3) is 0 Å². The quantitative estimate of drug-likeness (QED) is 0.615. The topological polar surface area (TPSA) is 70.4 Å². The zero-order chi connectivity index (χ0) is 22.6. The monoisotopic (exact) mass is 449 g/mol. The molecule has 0 amide bonds. The van der Waals surface area contributed by atoms with Crippen LogP contribution in [-0.4, -0.2) is 110 Å². The highest BCUT2D eigenvalue weighted by Gasteiger charge is 2.50. The van der Waals surface area contributed by atoms with Crippen molar-refractivity contribution >= 4 is 12.2 Å². The largest absolute Gasteiger partial charge is 0.413 e. The molecule has 2 saturated heterocycles. The second-order valence-electron chi connectivity index (χ2n) is 8.00. The highest BCUT2D eigenvalue weighted by Crippen LogP contribution is 2.37. The fourth-order valence-corrected chi connectivity index (χ4v) is 4.17. The summed E-state index contributed by atoms with van der Waals surface area (Å²) in [6.07, 6.45) is -2.70. The Morgan fingerprint density at radius 3 is 2.39 bits per heavy atom. The van der Waals surface area contributed by atoms with E-state index in [2.05, 4.69) is 10.3 Å². The molecule has 4 aliphatic rings. The van der Waals surface area contributed by atoms with Crippen LogP contribution in [0, 0.1) is 5.41 Å². The Labute approximate surface area is 176 Å². The minimum Gasteiger partial charge on any atom is -0.379 e. The summed E-state index contributed by atoms with van der Waals surface area (Å²) in [5, 5.41) is 10.9. The van der Waals surface area contributed by atoms with Gasteiger partial charge in [0.2, 0.25) is 5.96 Å². The molecule has 2 fully saturated rings. The highest BCUT2D eigenvalue weighted by molar-refractivity contribution is 5.97. The maximum absolute atomic E-state index is 14.0. The number of morpholine rings is 1. The number of nitrogens with one attached hydrogen (secondary N) is 2. The number of likely N-dealkylation sites (tertiary alicyclic amines) is 1. The van der Waals surface area contributed by atoms with E-state index >= 15 is 0 Å². The summed E-state index contributed by atoms with van der Waals surface area (Å²) >= 11 is 0. The maximum atomic E-state index is 14.0. The Morgan fingerprint density at radius 1 is 1.16 bits per heavy atom. The molecule has 172 valence electrons. The molecule has 0 bridgehead atoms. The summed E-state index contributed by atoms with van der Waals surface area (Å²) < 4.78 is 74.2. The number of likely N-dealkylation sites (N-methyl/N-ethyl adjacent to an activating group) is 2. The van der Waals surface area contributed by atoms with Gasteiger partial charge in [-0.3, -0.25) is 10.3 Å². The van der Waals surface area contributed by atoms with Gasteiger partial charge in [0.1, 0.15) is 5.82 Å². The Bertz CT molecular complexity index is 826. The van der Waals surface area contributed by atoms with E-state index in [4.69, 9.17) is 10.1 Å². The van der Waals surface area contributed by atoms with Gasteiger partial charge in [0.05, 0.1) is 26.3 Å². The third kappa shape index (κ3) is 4.07. The first-order valence-corrected chi connectivity index (χ1v) is 9.80. The van der Waals surface area contributed by atoms with Crippen LogP contribution in [0.2, 0.25) is 0 Å². The molecule has 8 nitrogen and oxygen atoms in total. The van der Waals surface area contributed by atoms with Crippen molar-refractivity contribution in [1.82, 2.24) is 24.9 Å². The average molecular weight is 449 g/mol. The molecule has 13 heteroatoms. The molecule has 0 aromatic rings. The van der Waals surface area contributed by atoms with Gasteiger partial charge in [-0.2, -0.15) is 13.2 Å². The van der Waals surface area contributed by atoms with Crippen LogP contribution in [0.15, 0.2) is 28.2 Å². The van der Waals surface area contributed by atoms with Crippen molar-refractivity contribution in [2.75, 3.05) is 53.5 Å². The molecule has 2 unspecified atom stereocenters. The van der Waals surface area contributed by atoms with Gasteiger partial charge < -0.3 is 24.8 Å². The minimum atomic E-state index is -4.66. The van der Waals surface area contributed by atoms with E-state index in [9.17, 15) is 22.0 Å². The van der Waals surface area contributed by atoms with Crippen molar-refractivity contribution in [2.24, 2.45) is 4.99 Å². The Hall–Kier alpha value is -2.41. The molecule has 4 aliphatic heterocycles. The van der Waals surface area contributed by atoms with Gasteiger partial charge >= 0.3 is 6.18 Å². The van der Waals surface area contributed by atoms with Crippen LogP contribution in [-0.2, 0) is 4.74 Å². The van der Waals surface area contributed by atoms with E-state index in [0.29, 0.717) is 32.1 Å². The first-order chi connectivity index (χ1) is 14.5. The SMILES string of the molecule is CN1C(=N)N=C/C(=C2\C=C(N3CC(F)(F)C3)NC(N3CCOCC3)N2C)C1C(F)(F)F. The van der Waals surface area contributed by atoms with E-state index in [1.165, 1.54) is 18.0 Å². The number of rotatable bonds is 2. The average Bonchev–Trinajstić information content (AvgIpc) is 2.68. The van der Waals surface area contributed by atoms with Crippen molar-refractivity contribution in [3.05, 3.63) is 23.2 Å². The molecule has 2 atom stereocenters. The van der Waals surface area contributed by atoms with Gasteiger partial charge in [0.15, 0.2) is 12.3 Å². The van der Waals surface area contributed by atoms with Crippen molar-refractivity contribution in [3.63, 3.8) is 0 Å². The van der Waals surface area contributed by atoms with Crippen molar-refractivity contribution in [3.8, 4) is 0 Å². The summed E-state index contributed by atoms with van der Waals surface area (Å²) in [7, 11) is 2.81. The smallest absolute Gasteiger partial charge is 0.379 e. The molecule has 0 radical (unpaired) electrons. The predicted octanol–water partition coefficient (Wildman–Crippen LogP) is 1.07. The summed E-state index contributed by atoms with van der Waals surface area (Å²) in [6.45, 7) is 0.992. The fraction of sp³-hybridized carbons (Fsp3) is 0.667. The third-order valence-corrected chi connectivity index (χ3v) is 5.82. The molecule has 0 spiro atoms. The number of nitrogens with zero attached hydrogens (tertiary/aromatic N) is 5. The minimum absolute atomic E-state index is 0.141. The van der Waals surface area contributed by atoms with E-state index in [1.54, 1.807) is 11.9 Å². The summed E-state index contributed by atoms with van der Waals surface area (Å²) in [5.74, 6) is -3.00. The lowest BCUT2D eigenvalue weighted by molar-refractivity contribution is -0.160. The molecular formula is C18H24F5N7O. The number of allylic oxidation sites excluding steroid dienone is 1. The van der Waals surface area contributed by atoms with E-state index in [1.807, 2.05) is 4.90 Å². The number of hydrogen-bond donors (Lipinski definition) is 2. The van der Waals surface area contributed by atoms with Gasteiger partial charge in [-0.1, -0.05) is 0 Å². The van der Waals surface area contributed by atoms with E-state index in [0.717, 1.165) is 11.1 Å². The summed E-state index contributed by atoms with van der Waals surface area (Å²) in [6, 6.07) is -2.08. The normalized spacial score (nSPS) is 32.0. The van der Waals surface area contributed by atoms with Gasteiger partial charge in [-0.05, 0) is 0 Å². The maximum Gasteiger partial charge on any atom is 0.413 e. The fourth-order valence-electron chi connectivity index (χ4n) is 4.17. The molecular weight excluding hydrogens is 425 g/mol. The highest BCUT2D eigenvalue weighted by atomic mass is 19.4. The zero-order valence-electron chi connectivity index (χ0n) is 17.1. The van der Waals surface area contributed by atoms with Crippen LogP contribution in [0.3, 0.4) is 0 Å². The number of ether oxygens (including phenoxy) is 1. The zero-order valence-corrected chi connectivity index (χ0v) is 17.1. The molecule has 0 aromatic carbocycles.